The fourth-order valence-electron chi connectivity index (χ4n) is 2.08. The molecule has 2 atom stereocenters. The summed E-state index contributed by atoms with van der Waals surface area (Å²) < 4.78 is 0. The summed E-state index contributed by atoms with van der Waals surface area (Å²) in [6.07, 6.45) is 0. The van der Waals surface area contributed by atoms with Crippen molar-refractivity contribution in [3.8, 4) is 0 Å². The molecule has 1 aromatic rings. The molecule has 1 amide bonds. The van der Waals surface area contributed by atoms with Gasteiger partial charge in [0.2, 0.25) is 5.91 Å². The van der Waals surface area contributed by atoms with E-state index in [9.17, 15) is 4.79 Å². The van der Waals surface area contributed by atoms with E-state index in [4.69, 9.17) is 0 Å². The number of nitrogens with zero attached hydrogens (tertiary/aromatic N) is 1. The van der Waals surface area contributed by atoms with E-state index in [1.807, 2.05) is 29.3 Å². The van der Waals surface area contributed by atoms with E-state index in [1.165, 1.54) is 0 Å². The van der Waals surface area contributed by atoms with Crippen LogP contribution in [0.4, 0.5) is 0 Å². The van der Waals surface area contributed by atoms with Crippen LogP contribution in [0.1, 0.15) is 24.6 Å². The van der Waals surface area contributed by atoms with Gasteiger partial charge in [0, 0.05) is 30.6 Å². The van der Waals surface area contributed by atoms with Gasteiger partial charge in [-0.15, -0.1) is 11.3 Å². The number of carbonyl (C=O) groups is 1. The first-order valence-electron chi connectivity index (χ1n) is 5.74. The third-order valence-electron chi connectivity index (χ3n) is 3.12. The van der Waals surface area contributed by atoms with Gasteiger partial charge < -0.3 is 10.2 Å². The Hall–Kier alpha value is -0.870. The van der Waals surface area contributed by atoms with E-state index < -0.39 is 0 Å². The van der Waals surface area contributed by atoms with Gasteiger partial charge in [-0.2, -0.15) is 0 Å². The molecule has 1 N–H and O–H groups in total. The number of hydrogen-bond donors (Lipinski definition) is 1. The Morgan fingerprint density at radius 3 is 3.12 bits per heavy atom. The number of rotatable bonds is 2. The third-order valence-corrected chi connectivity index (χ3v) is 4.18. The fourth-order valence-corrected chi connectivity index (χ4v) is 2.85. The summed E-state index contributed by atoms with van der Waals surface area (Å²) in [5.74, 6) is 0.261. The van der Waals surface area contributed by atoms with Gasteiger partial charge >= 0.3 is 0 Å². The first kappa shape index (κ1) is 11.6. The van der Waals surface area contributed by atoms with Crippen LogP contribution in [0.5, 0.6) is 0 Å². The third kappa shape index (κ3) is 2.28. The van der Waals surface area contributed by atoms with Crippen LogP contribution in [0.3, 0.4) is 0 Å². The lowest BCUT2D eigenvalue weighted by Crippen LogP contribution is -2.53. The Labute approximate surface area is 100 Å². The summed E-state index contributed by atoms with van der Waals surface area (Å²) >= 11 is 1.66. The molecule has 0 aliphatic carbocycles. The maximum Gasteiger partial charge on any atom is 0.230 e. The van der Waals surface area contributed by atoms with Crippen LogP contribution in [0.15, 0.2) is 17.5 Å². The minimum absolute atomic E-state index is 0.000509. The smallest absolute Gasteiger partial charge is 0.230 e. The van der Waals surface area contributed by atoms with Crippen molar-refractivity contribution in [2.24, 2.45) is 0 Å². The Morgan fingerprint density at radius 2 is 2.50 bits per heavy atom. The molecule has 2 rings (SSSR count). The van der Waals surface area contributed by atoms with Crippen LogP contribution in [0.2, 0.25) is 0 Å². The fraction of sp³-hybridized carbons (Fsp3) is 0.583. The average Bonchev–Trinajstić information content (AvgIpc) is 2.81. The van der Waals surface area contributed by atoms with Crippen LogP contribution in [0.25, 0.3) is 0 Å². The second-order valence-electron chi connectivity index (χ2n) is 4.32. The van der Waals surface area contributed by atoms with Crippen molar-refractivity contribution in [1.29, 1.82) is 0 Å². The number of thiophene rings is 1. The molecule has 0 spiro atoms. The summed E-state index contributed by atoms with van der Waals surface area (Å²) in [6, 6.07) is 4.36. The highest BCUT2D eigenvalue weighted by atomic mass is 32.1. The van der Waals surface area contributed by atoms with Crippen LogP contribution in [-0.2, 0) is 4.79 Å². The molecule has 4 heteroatoms. The van der Waals surface area contributed by atoms with Crippen molar-refractivity contribution in [3.63, 3.8) is 0 Å². The van der Waals surface area contributed by atoms with Gasteiger partial charge in [0.25, 0.3) is 0 Å². The van der Waals surface area contributed by atoms with Crippen molar-refractivity contribution in [2.75, 3.05) is 19.6 Å². The Morgan fingerprint density at radius 1 is 1.69 bits per heavy atom. The summed E-state index contributed by atoms with van der Waals surface area (Å²) in [4.78, 5) is 15.5. The zero-order valence-electron chi connectivity index (χ0n) is 9.77. The number of hydrogen-bond acceptors (Lipinski definition) is 3. The van der Waals surface area contributed by atoms with Crippen molar-refractivity contribution in [2.45, 2.75) is 25.8 Å². The summed E-state index contributed by atoms with van der Waals surface area (Å²) in [7, 11) is 0. The highest BCUT2D eigenvalue weighted by Gasteiger charge is 2.27. The van der Waals surface area contributed by atoms with E-state index in [2.05, 4.69) is 12.2 Å². The van der Waals surface area contributed by atoms with Gasteiger partial charge in [-0.25, -0.2) is 0 Å². The molecular weight excluding hydrogens is 220 g/mol. The lowest BCUT2D eigenvalue weighted by Gasteiger charge is -2.35. The molecule has 0 saturated carbocycles. The molecule has 1 fully saturated rings. The zero-order valence-corrected chi connectivity index (χ0v) is 10.6. The van der Waals surface area contributed by atoms with Crippen LogP contribution >= 0.6 is 11.3 Å². The number of piperazine rings is 1. The van der Waals surface area contributed by atoms with E-state index in [0.717, 1.165) is 24.5 Å². The molecule has 88 valence electrons. The first-order chi connectivity index (χ1) is 7.70. The van der Waals surface area contributed by atoms with Gasteiger partial charge in [-0.05, 0) is 25.3 Å². The Kier molecular flexibility index (Phi) is 3.61. The molecule has 1 aliphatic rings. The molecule has 0 bridgehead atoms. The normalized spacial score (nSPS) is 23.1. The van der Waals surface area contributed by atoms with E-state index >= 15 is 0 Å². The SMILES string of the molecule is CC(C(=O)N1CCNC[C@@H]1C)c1cccs1. The maximum atomic E-state index is 12.3. The molecular formula is C12H18N2OS. The minimum atomic E-state index is 0.000509. The predicted octanol–water partition coefficient (Wildman–Crippen LogP) is 1.67. The second kappa shape index (κ2) is 4.97. The standard InChI is InChI=1S/C12H18N2OS/c1-9-8-13-5-6-14(9)12(15)10(2)11-4-3-7-16-11/h3-4,7,9-10,13H,5-6,8H2,1-2H3/t9-,10?/m0/s1. The molecule has 16 heavy (non-hydrogen) atoms. The number of carbonyl (C=O) groups excluding carboxylic acids is 1. The molecule has 0 radical (unpaired) electrons. The van der Waals surface area contributed by atoms with Gasteiger partial charge in [0.15, 0.2) is 0 Å². The van der Waals surface area contributed by atoms with E-state index in [-0.39, 0.29) is 11.8 Å². The second-order valence-corrected chi connectivity index (χ2v) is 5.30. The molecule has 1 aromatic heterocycles. The largest absolute Gasteiger partial charge is 0.337 e. The Bertz CT molecular complexity index is 350. The first-order valence-corrected chi connectivity index (χ1v) is 6.62. The van der Waals surface area contributed by atoms with Crippen LogP contribution < -0.4 is 5.32 Å². The lowest BCUT2D eigenvalue weighted by atomic mass is 10.1. The van der Waals surface area contributed by atoms with Crippen molar-refractivity contribution >= 4 is 17.2 Å². The minimum Gasteiger partial charge on any atom is -0.337 e. The molecule has 1 unspecified atom stereocenters. The predicted molar refractivity (Wildman–Crippen MR) is 66.8 cm³/mol. The monoisotopic (exact) mass is 238 g/mol. The van der Waals surface area contributed by atoms with Gasteiger partial charge in [-0.1, -0.05) is 6.07 Å². The summed E-state index contributed by atoms with van der Waals surface area (Å²) in [5, 5.41) is 5.33. The molecule has 3 nitrogen and oxygen atoms in total. The van der Waals surface area contributed by atoms with E-state index in [0.29, 0.717) is 6.04 Å². The highest BCUT2D eigenvalue weighted by molar-refractivity contribution is 7.10. The molecule has 2 heterocycles. The molecule has 1 aliphatic heterocycles. The number of amides is 1. The van der Waals surface area contributed by atoms with Crippen LogP contribution in [-0.4, -0.2) is 36.5 Å². The average molecular weight is 238 g/mol. The van der Waals surface area contributed by atoms with Crippen molar-refractivity contribution in [1.82, 2.24) is 10.2 Å². The van der Waals surface area contributed by atoms with E-state index in [1.54, 1.807) is 11.3 Å². The zero-order chi connectivity index (χ0) is 11.5. The van der Waals surface area contributed by atoms with Gasteiger partial charge in [0.1, 0.15) is 0 Å². The van der Waals surface area contributed by atoms with Crippen LogP contribution in [0, 0.1) is 0 Å². The quantitative estimate of drug-likeness (QED) is 0.850. The van der Waals surface area contributed by atoms with Crippen molar-refractivity contribution < 1.29 is 4.79 Å². The molecule has 1 saturated heterocycles. The number of nitrogens with one attached hydrogen (secondary N) is 1. The summed E-state index contributed by atoms with van der Waals surface area (Å²) in [6.45, 7) is 6.75. The van der Waals surface area contributed by atoms with Gasteiger partial charge in [-0.3, -0.25) is 4.79 Å². The molecule has 0 aromatic carbocycles. The van der Waals surface area contributed by atoms with Gasteiger partial charge in [0.05, 0.1) is 5.92 Å². The Balaban J connectivity index is 2.06. The maximum absolute atomic E-state index is 12.3. The highest BCUT2D eigenvalue weighted by Crippen LogP contribution is 2.23. The summed E-state index contributed by atoms with van der Waals surface area (Å²) in [5.41, 5.74) is 0. The topological polar surface area (TPSA) is 32.3 Å². The lowest BCUT2D eigenvalue weighted by molar-refractivity contribution is -0.135. The van der Waals surface area contributed by atoms with Crippen molar-refractivity contribution in [3.05, 3.63) is 22.4 Å².